The fourth-order valence-corrected chi connectivity index (χ4v) is 1.77. The molecule has 1 N–H and O–H groups in total. The predicted octanol–water partition coefficient (Wildman–Crippen LogP) is 1.80. The molecular weight excluding hydrogens is 356 g/mol. The Bertz CT molecular complexity index is 570. The van der Waals surface area contributed by atoms with Crippen LogP contribution in [0, 0.1) is 0 Å². The third-order valence-electron chi connectivity index (χ3n) is 2.91. The van der Waals surface area contributed by atoms with Gasteiger partial charge >= 0.3 is 12.1 Å². The number of ether oxygens (including phenoxy) is 5. The van der Waals surface area contributed by atoms with Gasteiger partial charge in [0.15, 0.2) is 0 Å². The lowest BCUT2D eigenvalue weighted by molar-refractivity contribution is 0.0327. The number of amides is 1. The van der Waals surface area contributed by atoms with E-state index >= 15 is 0 Å². The number of carbonyl (C=O) groups excluding carboxylic acids is 2. The molecule has 0 atom stereocenters. The Balaban J connectivity index is 1.97. The zero-order valence-corrected chi connectivity index (χ0v) is 16.3. The van der Waals surface area contributed by atoms with Crippen LogP contribution in [0.5, 0.6) is 5.75 Å². The first-order valence-electron chi connectivity index (χ1n) is 8.61. The smallest absolute Gasteiger partial charge is 0.407 e. The van der Waals surface area contributed by atoms with Gasteiger partial charge in [-0.05, 0) is 32.9 Å². The molecule has 0 aliphatic heterocycles. The van der Waals surface area contributed by atoms with E-state index in [4.69, 9.17) is 18.9 Å². The normalized spacial score (nSPS) is 11.0. The van der Waals surface area contributed by atoms with Crippen molar-refractivity contribution in [2.24, 2.45) is 0 Å². The monoisotopic (exact) mass is 384 g/mol. The molecule has 0 aliphatic carbocycles. The molecule has 152 valence electrons. The Morgan fingerprint density at radius 2 is 1.70 bits per heavy atom. The summed E-state index contributed by atoms with van der Waals surface area (Å²) < 4.78 is 25.8. The summed E-state index contributed by atoms with van der Waals surface area (Å²) in [7, 11) is 1.30. The van der Waals surface area contributed by atoms with Gasteiger partial charge in [-0.2, -0.15) is 0 Å². The maximum atomic E-state index is 11.4. The molecule has 0 radical (unpaired) electrons. The van der Waals surface area contributed by atoms with Crippen LogP contribution in [0.1, 0.15) is 31.3 Å². The van der Waals surface area contributed by atoms with Crippen molar-refractivity contribution < 1.29 is 33.3 Å². The van der Waals surface area contributed by atoms with Crippen LogP contribution < -0.4 is 10.1 Å². The first-order valence-corrected chi connectivity index (χ1v) is 8.61. The van der Waals surface area contributed by atoms with E-state index in [1.807, 2.05) is 0 Å². The van der Waals surface area contributed by atoms with Gasteiger partial charge in [0.05, 0.1) is 39.7 Å². The molecule has 27 heavy (non-hydrogen) atoms. The summed E-state index contributed by atoms with van der Waals surface area (Å²) >= 11 is 0. The minimum Gasteiger partial charge on any atom is -0.490 e. The predicted molar refractivity (Wildman–Crippen MR) is 96.9 cm³/mol. The van der Waals surface area contributed by atoms with E-state index in [9.17, 15) is 9.59 Å². The van der Waals surface area contributed by atoms with Crippen molar-refractivity contribution in [3.63, 3.8) is 0 Å². The Hall–Kier alpha value is -2.39. The van der Waals surface area contributed by atoms with Crippen LogP contribution >= 0.6 is 0 Å². The van der Waals surface area contributed by atoms with Gasteiger partial charge in [0.25, 0.3) is 0 Å². The van der Waals surface area contributed by atoms with E-state index in [2.05, 4.69) is 15.0 Å². The summed E-state index contributed by atoms with van der Waals surface area (Å²) in [4.78, 5) is 26.6. The first kappa shape index (κ1) is 22.7. The first-order chi connectivity index (χ1) is 12.8. The van der Waals surface area contributed by atoms with Crippen molar-refractivity contribution in [2.75, 3.05) is 46.7 Å². The average molecular weight is 384 g/mol. The molecule has 1 rings (SSSR count). The highest BCUT2D eigenvalue weighted by Crippen LogP contribution is 2.09. The highest BCUT2D eigenvalue weighted by atomic mass is 16.6. The molecule has 0 bridgehead atoms. The minimum absolute atomic E-state index is 0.222. The second-order valence-corrected chi connectivity index (χ2v) is 6.37. The van der Waals surface area contributed by atoms with E-state index in [1.165, 1.54) is 19.4 Å². The summed E-state index contributed by atoms with van der Waals surface area (Å²) in [5.74, 6) is 0.0434. The van der Waals surface area contributed by atoms with Gasteiger partial charge in [-0.3, -0.25) is 0 Å². The highest BCUT2D eigenvalue weighted by Gasteiger charge is 2.15. The van der Waals surface area contributed by atoms with Gasteiger partial charge < -0.3 is 29.0 Å². The number of nitrogens with zero attached hydrogens (tertiary/aromatic N) is 1. The van der Waals surface area contributed by atoms with Gasteiger partial charge in [-0.25, -0.2) is 14.6 Å². The molecule has 1 amide bonds. The van der Waals surface area contributed by atoms with Gasteiger partial charge in [0.1, 0.15) is 23.7 Å². The van der Waals surface area contributed by atoms with Crippen molar-refractivity contribution >= 4 is 12.1 Å². The minimum atomic E-state index is -0.514. The molecule has 1 heterocycles. The van der Waals surface area contributed by atoms with Gasteiger partial charge in [0, 0.05) is 6.54 Å². The summed E-state index contributed by atoms with van der Waals surface area (Å²) in [6.45, 7) is 7.70. The van der Waals surface area contributed by atoms with Crippen molar-refractivity contribution in [3.05, 3.63) is 24.0 Å². The van der Waals surface area contributed by atoms with Gasteiger partial charge in [-0.15, -0.1) is 0 Å². The number of rotatable bonds is 11. The third kappa shape index (κ3) is 11.0. The number of nitrogens with one attached hydrogen (secondary N) is 1. The van der Waals surface area contributed by atoms with E-state index in [-0.39, 0.29) is 5.69 Å². The van der Waals surface area contributed by atoms with Gasteiger partial charge in [0.2, 0.25) is 0 Å². The summed E-state index contributed by atoms with van der Waals surface area (Å²) in [5.41, 5.74) is -0.292. The van der Waals surface area contributed by atoms with Gasteiger partial charge in [-0.1, -0.05) is 0 Å². The molecule has 9 heteroatoms. The summed E-state index contributed by atoms with van der Waals surface area (Å²) in [5, 5.41) is 2.60. The van der Waals surface area contributed by atoms with E-state index in [0.717, 1.165) is 0 Å². The lowest BCUT2D eigenvalue weighted by atomic mass is 10.2. The molecule has 0 fully saturated rings. The number of hydrogen-bond donors (Lipinski definition) is 1. The Morgan fingerprint density at radius 3 is 2.30 bits per heavy atom. The largest absolute Gasteiger partial charge is 0.490 e. The quantitative estimate of drug-likeness (QED) is 0.455. The second kappa shape index (κ2) is 12.1. The van der Waals surface area contributed by atoms with E-state index in [0.29, 0.717) is 45.3 Å². The fraction of sp³-hybridized carbons (Fsp3) is 0.611. The number of esters is 1. The summed E-state index contributed by atoms with van der Waals surface area (Å²) in [6, 6.07) is 3.17. The molecule has 0 saturated carbocycles. The maximum absolute atomic E-state index is 11.4. The van der Waals surface area contributed by atoms with Crippen molar-refractivity contribution in [1.29, 1.82) is 0 Å². The SMILES string of the molecule is COC(=O)c1ccc(OCCOCCOCCNC(=O)OC(C)(C)C)cn1. The average Bonchev–Trinajstić information content (AvgIpc) is 2.61. The highest BCUT2D eigenvalue weighted by molar-refractivity contribution is 5.87. The van der Waals surface area contributed by atoms with Crippen molar-refractivity contribution in [1.82, 2.24) is 10.3 Å². The molecule has 0 aromatic carbocycles. The van der Waals surface area contributed by atoms with Crippen molar-refractivity contribution in [2.45, 2.75) is 26.4 Å². The molecule has 9 nitrogen and oxygen atoms in total. The molecule has 1 aromatic heterocycles. The Morgan fingerprint density at radius 1 is 1.04 bits per heavy atom. The summed E-state index contributed by atoms with van der Waals surface area (Å²) in [6.07, 6.45) is 0.987. The molecule has 0 saturated heterocycles. The van der Waals surface area contributed by atoms with E-state index in [1.54, 1.807) is 26.8 Å². The number of hydrogen-bond acceptors (Lipinski definition) is 8. The van der Waals surface area contributed by atoms with Crippen LogP contribution in [0.4, 0.5) is 4.79 Å². The van der Waals surface area contributed by atoms with Crippen LogP contribution in [-0.4, -0.2) is 69.3 Å². The van der Waals surface area contributed by atoms with Crippen LogP contribution in [-0.2, 0) is 18.9 Å². The lowest BCUT2D eigenvalue weighted by Gasteiger charge is -2.19. The number of alkyl carbamates (subject to hydrolysis) is 1. The van der Waals surface area contributed by atoms with E-state index < -0.39 is 17.7 Å². The third-order valence-corrected chi connectivity index (χ3v) is 2.91. The van der Waals surface area contributed by atoms with Crippen LogP contribution in [0.25, 0.3) is 0 Å². The molecular formula is C18H28N2O7. The second-order valence-electron chi connectivity index (χ2n) is 6.37. The Labute approximate surface area is 159 Å². The molecule has 0 spiro atoms. The van der Waals surface area contributed by atoms with Crippen molar-refractivity contribution in [3.8, 4) is 5.75 Å². The standard InChI is InChI=1S/C18H28N2O7/c1-18(2,3)27-17(22)19-7-8-24-9-10-25-11-12-26-14-5-6-15(20-13-14)16(21)23-4/h5-6,13H,7-12H2,1-4H3,(H,19,22). The lowest BCUT2D eigenvalue weighted by Crippen LogP contribution is -2.34. The zero-order chi connectivity index (χ0) is 20.1. The maximum Gasteiger partial charge on any atom is 0.407 e. The fourth-order valence-electron chi connectivity index (χ4n) is 1.77. The number of aromatic nitrogens is 1. The molecule has 0 unspecified atom stereocenters. The van der Waals surface area contributed by atoms with Crippen LogP contribution in [0.15, 0.2) is 18.3 Å². The molecule has 0 aliphatic rings. The van der Waals surface area contributed by atoms with Crippen LogP contribution in [0.3, 0.4) is 0 Å². The number of pyridine rings is 1. The number of methoxy groups -OCH3 is 1. The topological polar surface area (TPSA) is 105 Å². The van der Waals surface area contributed by atoms with Crippen LogP contribution in [0.2, 0.25) is 0 Å². The Kier molecular flexibility index (Phi) is 10.1. The number of carbonyl (C=O) groups is 2. The zero-order valence-electron chi connectivity index (χ0n) is 16.3. The molecule has 1 aromatic rings.